The van der Waals surface area contributed by atoms with Crippen LogP contribution in [0.3, 0.4) is 0 Å². The van der Waals surface area contributed by atoms with Gasteiger partial charge < -0.3 is 10.6 Å². The van der Waals surface area contributed by atoms with Crippen LogP contribution in [-0.2, 0) is 16.1 Å². The number of piperidine rings is 1. The largest absolute Gasteiger partial charge is 0.341 e. The molecule has 29 heavy (non-hydrogen) atoms. The molecule has 7 heteroatoms. The number of nitrogens with zero attached hydrogens (tertiary/aromatic N) is 2. The van der Waals surface area contributed by atoms with Crippen LogP contribution in [0, 0.1) is 5.92 Å². The molecule has 3 rings (SSSR count). The fraction of sp³-hybridized carbons (Fsp3) is 0.409. The third-order valence-electron chi connectivity index (χ3n) is 5.02. The van der Waals surface area contributed by atoms with Crippen LogP contribution >= 0.6 is 11.3 Å². The van der Waals surface area contributed by atoms with E-state index < -0.39 is 6.04 Å². The number of thiazole rings is 1. The molecule has 2 N–H and O–H groups in total. The highest BCUT2D eigenvalue weighted by Gasteiger charge is 2.18. The molecule has 0 saturated carbocycles. The van der Waals surface area contributed by atoms with E-state index in [0.29, 0.717) is 5.13 Å². The third-order valence-corrected chi connectivity index (χ3v) is 5.83. The van der Waals surface area contributed by atoms with Gasteiger partial charge in [0.05, 0.1) is 5.69 Å². The zero-order valence-electron chi connectivity index (χ0n) is 16.9. The second-order valence-corrected chi connectivity index (χ2v) is 8.42. The van der Waals surface area contributed by atoms with Gasteiger partial charge in [0.25, 0.3) is 0 Å². The predicted octanol–water partition coefficient (Wildman–Crippen LogP) is 3.53. The molecule has 1 aliphatic heterocycles. The highest BCUT2D eigenvalue weighted by molar-refractivity contribution is 7.13. The summed E-state index contributed by atoms with van der Waals surface area (Å²) in [4.78, 5) is 31.3. The first-order valence-corrected chi connectivity index (χ1v) is 10.9. The Morgan fingerprint density at radius 2 is 2.00 bits per heavy atom. The van der Waals surface area contributed by atoms with E-state index >= 15 is 0 Å². The summed E-state index contributed by atoms with van der Waals surface area (Å²) < 4.78 is 0. The van der Waals surface area contributed by atoms with Gasteiger partial charge in [-0.2, -0.15) is 0 Å². The lowest BCUT2D eigenvalue weighted by Gasteiger charge is -2.29. The van der Waals surface area contributed by atoms with Crippen LogP contribution in [0.1, 0.15) is 37.9 Å². The Balaban J connectivity index is 1.45. The highest BCUT2D eigenvalue weighted by atomic mass is 32.1. The molecule has 1 atom stereocenters. The SMILES string of the molecule is CC1CCN(Cc2csc(NC(=O)C(C)NC(=O)/C=C/c3ccccc3)n2)CC1. The van der Waals surface area contributed by atoms with E-state index in [1.807, 2.05) is 35.7 Å². The Kier molecular flexibility index (Phi) is 7.55. The second-order valence-electron chi connectivity index (χ2n) is 7.57. The van der Waals surface area contributed by atoms with Crippen LogP contribution in [0.15, 0.2) is 41.8 Å². The summed E-state index contributed by atoms with van der Waals surface area (Å²) in [5.41, 5.74) is 1.90. The van der Waals surface area contributed by atoms with E-state index in [-0.39, 0.29) is 11.8 Å². The van der Waals surface area contributed by atoms with E-state index in [1.165, 1.54) is 30.3 Å². The molecule has 154 valence electrons. The van der Waals surface area contributed by atoms with Crippen LogP contribution in [0.2, 0.25) is 0 Å². The molecule has 2 aromatic rings. The summed E-state index contributed by atoms with van der Waals surface area (Å²) in [5.74, 6) is 0.214. The molecule has 1 aromatic carbocycles. The first-order valence-electron chi connectivity index (χ1n) is 10.0. The molecule has 1 aromatic heterocycles. The lowest BCUT2D eigenvalue weighted by molar-refractivity contribution is -0.123. The normalized spacial score (nSPS) is 16.6. The number of rotatable bonds is 7. The molecule has 2 heterocycles. The first kappa shape index (κ1) is 21.2. The maximum atomic E-state index is 12.4. The van der Waals surface area contributed by atoms with E-state index in [9.17, 15) is 9.59 Å². The maximum absolute atomic E-state index is 12.4. The Bertz CT molecular complexity index is 842. The minimum Gasteiger partial charge on any atom is -0.341 e. The number of anilines is 1. The maximum Gasteiger partial charge on any atom is 0.248 e. The number of hydrogen-bond acceptors (Lipinski definition) is 5. The Hall–Kier alpha value is -2.51. The molecule has 6 nitrogen and oxygen atoms in total. The van der Waals surface area contributed by atoms with Crippen molar-refractivity contribution in [3.8, 4) is 0 Å². The number of hydrogen-bond donors (Lipinski definition) is 2. The smallest absolute Gasteiger partial charge is 0.248 e. The molecule has 0 bridgehead atoms. The van der Waals surface area contributed by atoms with Crippen molar-refractivity contribution in [2.75, 3.05) is 18.4 Å². The van der Waals surface area contributed by atoms with Gasteiger partial charge in [-0.05, 0) is 50.4 Å². The van der Waals surface area contributed by atoms with Gasteiger partial charge in [0, 0.05) is 18.0 Å². The number of nitrogens with one attached hydrogen (secondary N) is 2. The highest BCUT2D eigenvalue weighted by Crippen LogP contribution is 2.21. The Morgan fingerprint density at radius 1 is 1.28 bits per heavy atom. The Labute approximate surface area is 176 Å². The molecule has 0 radical (unpaired) electrons. The van der Waals surface area contributed by atoms with Gasteiger partial charge in [-0.25, -0.2) is 4.98 Å². The molecule has 0 spiro atoms. The second kappa shape index (κ2) is 10.3. The number of benzene rings is 1. The molecule has 1 fully saturated rings. The van der Waals surface area contributed by atoms with E-state index in [4.69, 9.17) is 0 Å². The number of carbonyl (C=O) groups excluding carboxylic acids is 2. The number of likely N-dealkylation sites (tertiary alicyclic amines) is 1. The van der Waals surface area contributed by atoms with Crippen LogP contribution in [0.4, 0.5) is 5.13 Å². The minimum atomic E-state index is -0.654. The summed E-state index contributed by atoms with van der Waals surface area (Å²) in [7, 11) is 0. The molecule has 2 amide bonds. The summed E-state index contributed by atoms with van der Waals surface area (Å²) in [6, 6.07) is 8.89. The van der Waals surface area contributed by atoms with Gasteiger partial charge in [0.2, 0.25) is 11.8 Å². The Morgan fingerprint density at radius 3 is 2.72 bits per heavy atom. The fourth-order valence-electron chi connectivity index (χ4n) is 3.16. The van der Waals surface area contributed by atoms with Crippen molar-refractivity contribution in [2.24, 2.45) is 5.92 Å². The lowest BCUT2D eigenvalue weighted by atomic mass is 9.99. The van der Waals surface area contributed by atoms with Crippen molar-refractivity contribution in [1.82, 2.24) is 15.2 Å². The van der Waals surface area contributed by atoms with Crippen LogP contribution < -0.4 is 10.6 Å². The quantitative estimate of drug-likeness (QED) is 0.682. The van der Waals surface area contributed by atoms with Gasteiger partial charge in [-0.1, -0.05) is 37.3 Å². The summed E-state index contributed by atoms with van der Waals surface area (Å²) >= 11 is 1.41. The van der Waals surface area contributed by atoms with Crippen molar-refractivity contribution in [3.63, 3.8) is 0 Å². The number of carbonyl (C=O) groups is 2. The van der Waals surface area contributed by atoms with Gasteiger partial charge in [0.1, 0.15) is 6.04 Å². The monoisotopic (exact) mass is 412 g/mol. The van der Waals surface area contributed by atoms with Crippen molar-refractivity contribution in [3.05, 3.63) is 53.0 Å². The average molecular weight is 413 g/mol. The van der Waals surface area contributed by atoms with E-state index in [0.717, 1.165) is 36.8 Å². The summed E-state index contributed by atoms with van der Waals surface area (Å²) in [6.07, 6.45) is 5.60. The van der Waals surface area contributed by atoms with Crippen LogP contribution in [0.5, 0.6) is 0 Å². The van der Waals surface area contributed by atoms with Gasteiger partial charge in [0.15, 0.2) is 5.13 Å². The van der Waals surface area contributed by atoms with Crippen LogP contribution in [-0.4, -0.2) is 40.8 Å². The van der Waals surface area contributed by atoms with Gasteiger partial charge in [-0.3, -0.25) is 14.5 Å². The first-order chi connectivity index (χ1) is 14.0. The standard InChI is InChI=1S/C22H28N4O2S/c1-16-10-12-26(13-11-16)14-19-15-29-22(24-19)25-21(28)17(2)23-20(27)9-8-18-6-4-3-5-7-18/h3-9,15-17H,10-14H2,1-2H3,(H,23,27)(H,24,25,28)/b9-8+. The van der Waals surface area contributed by atoms with Crippen molar-refractivity contribution in [2.45, 2.75) is 39.3 Å². The molecular formula is C22H28N4O2S. The topological polar surface area (TPSA) is 74.3 Å². The molecule has 1 aliphatic rings. The van der Waals surface area contributed by atoms with Crippen LogP contribution in [0.25, 0.3) is 6.08 Å². The zero-order valence-corrected chi connectivity index (χ0v) is 17.7. The molecule has 1 unspecified atom stereocenters. The zero-order chi connectivity index (χ0) is 20.6. The lowest BCUT2D eigenvalue weighted by Crippen LogP contribution is -2.40. The number of amides is 2. The number of aromatic nitrogens is 1. The molecular weight excluding hydrogens is 384 g/mol. The van der Waals surface area contributed by atoms with Gasteiger partial charge in [-0.15, -0.1) is 11.3 Å². The van der Waals surface area contributed by atoms with Crippen molar-refractivity contribution < 1.29 is 9.59 Å². The summed E-state index contributed by atoms with van der Waals surface area (Å²) in [5, 5.41) is 8.03. The predicted molar refractivity (Wildman–Crippen MR) is 117 cm³/mol. The average Bonchev–Trinajstić information content (AvgIpc) is 3.15. The minimum absolute atomic E-state index is 0.279. The summed E-state index contributed by atoms with van der Waals surface area (Å²) in [6.45, 7) is 6.97. The fourth-order valence-corrected chi connectivity index (χ4v) is 3.87. The van der Waals surface area contributed by atoms with Crippen molar-refractivity contribution >= 4 is 34.4 Å². The van der Waals surface area contributed by atoms with E-state index in [1.54, 1.807) is 13.0 Å². The third kappa shape index (κ3) is 6.80. The van der Waals surface area contributed by atoms with E-state index in [2.05, 4.69) is 27.4 Å². The van der Waals surface area contributed by atoms with Gasteiger partial charge >= 0.3 is 0 Å². The molecule has 1 saturated heterocycles. The molecule has 0 aliphatic carbocycles. The van der Waals surface area contributed by atoms with Crippen molar-refractivity contribution in [1.29, 1.82) is 0 Å².